The van der Waals surface area contributed by atoms with E-state index in [9.17, 15) is 5.11 Å². The highest BCUT2D eigenvalue weighted by atomic mass is 16.3. The number of anilines is 2. The summed E-state index contributed by atoms with van der Waals surface area (Å²) in [5.74, 6) is 3.21. The molecule has 1 aliphatic rings. The fraction of sp³-hybridized carbons (Fsp3) is 0.733. The van der Waals surface area contributed by atoms with Crippen LogP contribution in [0.4, 0.5) is 11.6 Å². The largest absolute Gasteiger partial charge is 0.393 e. The Morgan fingerprint density at radius 2 is 2.00 bits per heavy atom. The van der Waals surface area contributed by atoms with Crippen molar-refractivity contribution in [1.29, 1.82) is 0 Å². The van der Waals surface area contributed by atoms with Crippen molar-refractivity contribution < 1.29 is 5.11 Å². The van der Waals surface area contributed by atoms with Gasteiger partial charge in [-0.2, -0.15) is 0 Å². The third-order valence-corrected chi connectivity index (χ3v) is 3.77. The minimum Gasteiger partial charge on any atom is -0.393 e. The second kappa shape index (κ2) is 5.56. The third-order valence-electron chi connectivity index (χ3n) is 3.77. The number of nitrogens with zero attached hydrogens (tertiary/aromatic N) is 3. The smallest absolute Gasteiger partial charge is 0.138 e. The zero-order valence-electron chi connectivity index (χ0n) is 13.1. The standard InChI is InChI=1S/C15H26N4O/c1-15(2,3)14-17-12(16-4)8-13(18-14)19(5)9-10-6-11(20)7-10/h8,10-11,20H,6-7,9H2,1-5H3,(H,16,17,18). The molecule has 1 heterocycles. The molecule has 5 heteroatoms. The van der Waals surface area contributed by atoms with Gasteiger partial charge in [0.1, 0.15) is 17.5 Å². The van der Waals surface area contributed by atoms with Gasteiger partial charge in [-0.15, -0.1) is 0 Å². The first kappa shape index (κ1) is 15.0. The fourth-order valence-corrected chi connectivity index (χ4v) is 2.42. The predicted molar refractivity (Wildman–Crippen MR) is 82.3 cm³/mol. The maximum Gasteiger partial charge on any atom is 0.138 e. The Kier molecular flexibility index (Phi) is 4.18. The van der Waals surface area contributed by atoms with E-state index in [0.29, 0.717) is 5.92 Å². The summed E-state index contributed by atoms with van der Waals surface area (Å²) in [7, 11) is 3.93. The van der Waals surface area contributed by atoms with Crippen LogP contribution in [0, 0.1) is 5.92 Å². The van der Waals surface area contributed by atoms with Gasteiger partial charge in [0.2, 0.25) is 0 Å². The van der Waals surface area contributed by atoms with Crippen LogP contribution in [0.2, 0.25) is 0 Å². The summed E-state index contributed by atoms with van der Waals surface area (Å²) in [6.07, 6.45) is 1.71. The minimum atomic E-state index is -0.100. The van der Waals surface area contributed by atoms with Crippen LogP contribution in [0.3, 0.4) is 0 Å². The first-order valence-corrected chi connectivity index (χ1v) is 7.26. The van der Waals surface area contributed by atoms with Gasteiger partial charge >= 0.3 is 0 Å². The van der Waals surface area contributed by atoms with Crippen LogP contribution in [-0.4, -0.2) is 41.8 Å². The summed E-state index contributed by atoms with van der Waals surface area (Å²) < 4.78 is 0. The molecule has 2 N–H and O–H groups in total. The van der Waals surface area contributed by atoms with Gasteiger partial charge in [-0.25, -0.2) is 9.97 Å². The van der Waals surface area contributed by atoms with Crippen molar-refractivity contribution in [3.8, 4) is 0 Å². The molecule has 1 aromatic heterocycles. The SMILES string of the molecule is CNc1cc(N(C)CC2CC(O)C2)nc(C(C)(C)C)n1. The van der Waals surface area contributed by atoms with E-state index in [1.54, 1.807) is 0 Å². The third kappa shape index (κ3) is 3.39. The lowest BCUT2D eigenvalue weighted by Gasteiger charge is -2.35. The molecule has 0 radical (unpaired) electrons. The summed E-state index contributed by atoms with van der Waals surface area (Å²) in [5, 5.41) is 12.5. The zero-order chi connectivity index (χ0) is 14.9. The van der Waals surface area contributed by atoms with E-state index in [4.69, 9.17) is 4.98 Å². The van der Waals surface area contributed by atoms with Crippen molar-refractivity contribution in [2.75, 3.05) is 30.9 Å². The molecule has 1 fully saturated rings. The maximum atomic E-state index is 9.38. The van der Waals surface area contributed by atoms with Crippen LogP contribution >= 0.6 is 0 Å². The van der Waals surface area contributed by atoms with Gasteiger partial charge in [-0.05, 0) is 18.8 Å². The lowest BCUT2D eigenvalue weighted by atomic mass is 9.82. The number of rotatable bonds is 4. The average molecular weight is 278 g/mol. The lowest BCUT2D eigenvalue weighted by molar-refractivity contribution is 0.0464. The van der Waals surface area contributed by atoms with Crippen LogP contribution in [0.25, 0.3) is 0 Å². The Labute approximate surface area is 121 Å². The molecule has 0 saturated heterocycles. The van der Waals surface area contributed by atoms with Gasteiger partial charge in [0.15, 0.2) is 0 Å². The van der Waals surface area contributed by atoms with Crippen molar-refractivity contribution in [1.82, 2.24) is 9.97 Å². The molecule has 0 spiro atoms. The Hall–Kier alpha value is -1.36. The molecule has 0 atom stereocenters. The summed E-state index contributed by atoms with van der Waals surface area (Å²) >= 11 is 0. The van der Waals surface area contributed by atoms with E-state index in [2.05, 4.69) is 43.0 Å². The van der Waals surface area contributed by atoms with Crippen LogP contribution in [-0.2, 0) is 5.41 Å². The minimum absolute atomic E-state index is 0.0743. The average Bonchev–Trinajstić information content (AvgIpc) is 2.35. The molecule has 0 aromatic carbocycles. The highest BCUT2D eigenvalue weighted by Crippen LogP contribution is 2.29. The van der Waals surface area contributed by atoms with Gasteiger partial charge in [-0.3, -0.25) is 0 Å². The van der Waals surface area contributed by atoms with Crippen LogP contribution in [0.1, 0.15) is 39.4 Å². The Balaban J connectivity index is 2.17. The predicted octanol–water partition coefficient (Wildman–Crippen LogP) is 2.02. The van der Waals surface area contributed by atoms with Crippen molar-refractivity contribution in [3.63, 3.8) is 0 Å². The topological polar surface area (TPSA) is 61.3 Å². The number of nitrogens with one attached hydrogen (secondary N) is 1. The van der Waals surface area contributed by atoms with Gasteiger partial charge in [-0.1, -0.05) is 20.8 Å². The summed E-state index contributed by atoms with van der Waals surface area (Å²) in [6.45, 7) is 7.29. The van der Waals surface area contributed by atoms with Crippen molar-refractivity contribution in [2.45, 2.75) is 45.1 Å². The van der Waals surface area contributed by atoms with Crippen LogP contribution in [0.15, 0.2) is 6.07 Å². The van der Waals surface area contributed by atoms with Gasteiger partial charge in [0, 0.05) is 32.1 Å². The summed E-state index contributed by atoms with van der Waals surface area (Å²) in [5.41, 5.74) is -0.0743. The molecular weight excluding hydrogens is 252 g/mol. The Morgan fingerprint density at radius 1 is 1.35 bits per heavy atom. The summed E-state index contributed by atoms with van der Waals surface area (Å²) in [4.78, 5) is 11.4. The van der Waals surface area contributed by atoms with Gasteiger partial charge in [0.05, 0.1) is 6.10 Å². The number of aliphatic hydroxyl groups excluding tert-OH is 1. The van der Waals surface area contributed by atoms with E-state index in [-0.39, 0.29) is 11.5 Å². The number of hydrogen-bond acceptors (Lipinski definition) is 5. The monoisotopic (exact) mass is 278 g/mol. The molecule has 1 saturated carbocycles. The maximum absolute atomic E-state index is 9.38. The highest BCUT2D eigenvalue weighted by molar-refractivity contribution is 5.49. The molecule has 5 nitrogen and oxygen atoms in total. The first-order chi connectivity index (χ1) is 9.29. The number of aliphatic hydroxyl groups is 1. The number of hydrogen-bond donors (Lipinski definition) is 2. The molecule has 112 valence electrons. The van der Waals surface area contributed by atoms with Crippen LogP contribution < -0.4 is 10.2 Å². The molecule has 0 unspecified atom stereocenters. The Morgan fingerprint density at radius 3 is 2.50 bits per heavy atom. The van der Waals surface area contributed by atoms with Crippen molar-refractivity contribution >= 4 is 11.6 Å². The molecule has 20 heavy (non-hydrogen) atoms. The Bertz CT molecular complexity index is 463. The second-order valence-electron chi connectivity index (χ2n) is 6.81. The molecule has 0 aliphatic heterocycles. The molecule has 0 amide bonds. The molecule has 1 aliphatic carbocycles. The quantitative estimate of drug-likeness (QED) is 0.882. The zero-order valence-corrected chi connectivity index (χ0v) is 13.1. The van der Waals surface area contributed by atoms with Crippen molar-refractivity contribution in [2.24, 2.45) is 5.92 Å². The fourth-order valence-electron chi connectivity index (χ4n) is 2.42. The molecule has 2 rings (SSSR count). The van der Waals surface area contributed by atoms with E-state index in [0.717, 1.165) is 36.8 Å². The van der Waals surface area contributed by atoms with E-state index in [1.807, 2.05) is 13.1 Å². The molecular formula is C15H26N4O. The van der Waals surface area contributed by atoms with Crippen molar-refractivity contribution in [3.05, 3.63) is 11.9 Å². The lowest BCUT2D eigenvalue weighted by Crippen LogP contribution is -2.37. The van der Waals surface area contributed by atoms with E-state index < -0.39 is 0 Å². The van der Waals surface area contributed by atoms with Gasteiger partial charge in [0.25, 0.3) is 0 Å². The van der Waals surface area contributed by atoms with E-state index >= 15 is 0 Å². The summed E-state index contributed by atoms with van der Waals surface area (Å²) in [6, 6.07) is 1.98. The highest BCUT2D eigenvalue weighted by Gasteiger charge is 2.28. The molecule has 0 bridgehead atoms. The number of aromatic nitrogens is 2. The normalized spacial score (nSPS) is 22.3. The van der Waals surface area contributed by atoms with Gasteiger partial charge < -0.3 is 15.3 Å². The molecule has 1 aromatic rings. The van der Waals surface area contributed by atoms with E-state index in [1.165, 1.54) is 0 Å². The first-order valence-electron chi connectivity index (χ1n) is 7.26. The second-order valence-corrected chi connectivity index (χ2v) is 6.81. The van der Waals surface area contributed by atoms with Crippen LogP contribution in [0.5, 0.6) is 0 Å².